The first-order valence-corrected chi connectivity index (χ1v) is 12.5. The van der Waals surface area contributed by atoms with Crippen molar-refractivity contribution in [2.45, 2.75) is 55.6 Å². The zero-order valence-corrected chi connectivity index (χ0v) is 18.7. The first kappa shape index (κ1) is 21.1. The van der Waals surface area contributed by atoms with Crippen molar-refractivity contribution in [3.8, 4) is 0 Å². The topological polar surface area (TPSA) is 123 Å². The van der Waals surface area contributed by atoms with Crippen LogP contribution in [0.2, 0.25) is 0 Å². The predicted molar refractivity (Wildman–Crippen MR) is 116 cm³/mol. The normalized spacial score (nSPS) is 16.8. The van der Waals surface area contributed by atoms with Crippen LogP contribution in [0.1, 0.15) is 42.9 Å². The number of aryl methyl sites for hydroxylation is 1. The highest BCUT2D eigenvalue weighted by Gasteiger charge is 2.32. The van der Waals surface area contributed by atoms with Gasteiger partial charge >= 0.3 is 0 Å². The molecule has 2 aromatic rings. The van der Waals surface area contributed by atoms with Gasteiger partial charge in [-0.15, -0.1) is 10.2 Å². The summed E-state index contributed by atoms with van der Waals surface area (Å²) in [5, 5.41) is 17.5. The van der Waals surface area contributed by atoms with E-state index < -0.39 is 10.0 Å². The monoisotopic (exact) mass is 450 g/mol. The van der Waals surface area contributed by atoms with Gasteiger partial charge in [-0.05, 0) is 62.8 Å². The van der Waals surface area contributed by atoms with Gasteiger partial charge in [-0.25, -0.2) is 13.6 Å². The quantitative estimate of drug-likeness (QED) is 0.620. The molecule has 162 valence electrons. The Labute approximate surface area is 180 Å². The van der Waals surface area contributed by atoms with Gasteiger partial charge in [-0.3, -0.25) is 9.36 Å². The minimum atomic E-state index is -3.85. The average Bonchev–Trinajstić information content (AvgIpc) is 3.20. The summed E-state index contributed by atoms with van der Waals surface area (Å²) in [4.78, 5) is 14.8. The Balaban J connectivity index is 1.47. The summed E-state index contributed by atoms with van der Waals surface area (Å²) in [6.45, 7) is 5.60. The van der Waals surface area contributed by atoms with Crippen LogP contribution in [0.25, 0.3) is 0 Å². The second-order valence-corrected chi connectivity index (χ2v) is 10.4. The largest absolute Gasteiger partial charge is 0.341 e. The molecule has 1 saturated carbocycles. The summed E-state index contributed by atoms with van der Waals surface area (Å²) in [5.74, 6) is 0.829. The molecule has 2 aliphatic rings. The van der Waals surface area contributed by atoms with E-state index in [1.165, 1.54) is 36.7 Å². The van der Waals surface area contributed by atoms with Crippen molar-refractivity contribution in [2.75, 3.05) is 29.1 Å². The van der Waals surface area contributed by atoms with Crippen molar-refractivity contribution >= 4 is 39.3 Å². The summed E-state index contributed by atoms with van der Waals surface area (Å²) in [6.07, 6.45) is 4.55. The summed E-state index contributed by atoms with van der Waals surface area (Å²) in [6, 6.07) is 3.32. The molecule has 4 rings (SSSR count). The number of carbonyl (C=O) groups excluding carboxylic acids is 1. The van der Waals surface area contributed by atoms with Crippen molar-refractivity contribution in [2.24, 2.45) is 5.14 Å². The molecule has 11 heteroatoms. The lowest BCUT2D eigenvalue weighted by Gasteiger charge is -2.18. The fourth-order valence-corrected chi connectivity index (χ4v) is 5.01. The molecule has 3 N–H and O–H groups in total. The highest BCUT2D eigenvalue weighted by atomic mass is 32.2. The van der Waals surface area contributed by atoms with E-state index in [1.807, 2.05) is 6.92 Å². The van der Waals surface area contributed by atoms with Crippen LogP contribution in [0, 0.1) is 13.8 Å². The second kappa shape index (κ2) is 8.20. The molecule has 1 aliphatic heterocycles. The Morgan fingerprint density at radius 2 is 1.93 bits per heavy atom. The molecule has 1 amide bonds. The fraction of sp³-hybridized carbons (Fsp3) is 0.526. The lowest BCUT2D eigenvalue weighted by Crippen LogP contribution is -2.22. The molecule has 0 atom stereocenters. The number of amides is 1. The standard InChI is InChI=1S/C19H26N6O3S2/c1-12-9-15(30(20,27)28)10-16(13(12)2)21-17(26)11-29-19-23-22-18(24-7-3-4-8-24)25(19)14-5-6-14/h9-10,14H,3-8,11H2,1-2H3,(H,21,26)(H2,20,27,28). The Bertz CT molecular complexity index is 1070. The van der Waals surface area contributed by atoms with Crippen LogP contribution in [0.5, 0.6) is 0 Å². The van der Waals surface area contributed by atoms with Gasteiger partial charge in [0.05, 0.1) is 10.6 Å². The molecule has 2 fully saturated rings. The van der Waals surface area contributed by atoms with Gasteiger partial charge in [0, 0.05) is 24.8 Å². The van der Waals surface area contributed by atoms with Gasteiger partial charge in [-0.1, -0.05) is 11.8 Å². The number of nitrogens with two attached hydrogens (primary N) is 1. The molecule has 1 aromatic heterocycles. The van der Waals surface area contributed by atoms with Gasteiger partial charge in [0.2, 0.25) is 21.9 Å². The molecule has 0 radical (unpaired) electrons. The number of benzene rings is 1. The molecule has 0 unspecified atom stereocenters. The Kier molecular flexibility index (Phi) is 5.78. The van der Waals surface area contributed by atoms with Crippen molar-refractivity contribution in [3.05, 3.63) is 23.3 Å². The number of anilines is 2. The van der Waals surface area contributed by atoms with Gasteiger partial charge < -0.3 is 10.2 Å². The number of nitrogens with one attached hydrogen (secondary N) is 1. The first-order chi connectivity index (χ1) is 14.2. The van der Waals surface area contributed by atoms with Gasteiger partial charge in [0.25, 0.3) is 0 Å². The van der Waals surface area contributed by atoms with Gasteiger partial charge in [0.1, 0.15) is 0 Å². The fourth-order valence-electron chi connectivity index (χ4n) is 3.59. The van der Waals surface area contributed by atoms with E-state index in [2.05, 4.69) is 25.0 Å². The SMILES string of the molecule is Cc1cc(S(N)(=O)=O)cc(NC(=O)CSc2nnc(N3CCCC3)n2C2CC2)c1C. The summed E-state index contributed by atoms with van der Waals surface area (Å²) in [5.41, 5.74) is 2.00. The van der Waals surface area contributed by atoms with Crippen molar-refractivity contribution < 1.29 is 13.2 Å². The molecule has 1 aromatic carbocycles. The average molecular weight is 451 g/mol. The number of nitrogens with zero attached hydrogens (tertiary/aromatic N) is 4. The number of carbonyl (C=O) groups is 1. The van der Waals surface area contributed by atoms with Crippen molar-refractivity contribution in [3.63, 3.8) is 0 Å². The zero-order chi connectivity index (χ0) is 21.5. The van der Waals surface area contributed by atoms with Crippen LogP contribution in [-0.4, -0.2) is 47.9 Å². The van der Waals surface area contributed by atoms with Crippen molar-refractivity contribution in [1.29, 1.82) is 0 Å². The minimum Gasteiger partial charge on any atom is -0.341 e. The maximum absolute atomic E-state index is 12.6. The maximum Gasteiger partial charge on any atom is 0.238 e. The number of rotatable bonds is 7. The van der Waals surface area contributed by atoms with Crippen LogP contribution in [0.3, 0.4) is 0 Å². The van der Waals surface area contributed by atoms with Crippen LogP contribution >= 0.6 is 11.8 Å². The molecule has 30 heavy (non-hydrogen) atoms. The molecule has 9 nitrogen and oxygen atoms in total. The highest BCUT2D eigenvalue weighted by molar-refractivity contribution is 7.99. The van der Waals surface area contributed by atoms with Gasteiger partial charge in [-0.2, -0.15) is 0 Å². The molecule has 0 spiro atoms. The van der Waals surface area contributed by atoms with E-state index in [9.17, 15) is 13.2 Å². The van der Waals surface area contributed by atoms with Crippen LogP contribution in [0.4, 0.5) is 11.6 Å². The number of primary sulfonamides is 1. The summed E-state index contributed by atoms with van der Waals surface area (Å²) < 4.78 is 25.6. The molecule has 1 aliphatic carbocycles. The Morgan fingerprint density at radius 3 is 2.57 bits per heavy atom. The molecule has 1 saturated heterocycles. The minimum absolute atomic E-state index is 0.0164. The molecular formula is C19H26N6O3S2. The summed E-state index contributed by atoms with van der Waals surface area (Å²) >= 11 is 1.35. The third kappa shape index (κ3) is 4.47. The van der Waals surface area contributed by atoms with E-state index in [0.717, 1.165) is 48.2 Å². The highest BCUT2D eigenvalue weighted by Crippen LogP contribution is 2.41. The Hall–Kier alpha value is -2.11. The summed E-state index contributed by atoms with van der Waals surface area (Å²) in [7, 11) is -3.85. The second-order valence-electron chi connectivity index (χ2n) is 7.87. The number of hydrogen-bond acceptors (Lipinski definition) is 7. The van der Waals surface area contributed by atoms with Crippen LogP contribution in [-0.2, 0) is 14.8 Å². The number of thioether (sulfide) groups is 1. The lowest BCUT2D eigenvalue weighted by molar-refractivity contribution is -0.113. The van der Waals surface area contributed by atoms with Gasteiger partial charge in [0.15, 0.2) is 5.16 Å². The number of aromatic nitrogens is 3. The van der Waals surface area contributed by atoms with E-state index in [-0.39, 0.29) is 16.6 Å². The third-order valence-electron chi connectivity index (χ3n) is 5.52. The molecular weight excluding hydrogens is 424 g/mol. The number of hydrogen-bond donors (Lipinski definition) is 2. The lowest BCUT2D eigenvalue weighted by atomic mass is 10.1. The Morgan fingerprint density at radius 1 is 1.23 bits per heavy atom. The van der Waals surface area contributed by atoms with E-state index in [4.69, 9.17) is 5.14 Å². The van der Waals surface area contributed by atoms with Crippen molar-refractivity contribution in [1.82, 2.24) is 14.8 Å². The first-order valence-electron chi connectivity index (χ1n) is 10.0. The zero-order valence-electron chi connectivity index (χ0n) is 17.1. The third-order valence-corrected chi connectivity index (χ3v) is 7.36. The molecule has 2 heterocycles. The predicted octanol–water partition coefficient (Wildman–Crippen LogP) is 2.21. The van der Waals surface area contributed by atoms with E-state index in [1.54, 1.807) is 6.92 Å². The number of sulfonamides is 1. The smallest absolute Gasteiger partial charge is 0.238 e. The van der Waals surface area contributed by atoms with E-state index >= 15 is 0 Å². The maximum atomic E-state index is 12.6. The van der Waals surface area contributed by atoms with E-state index in [0.29, 0.717) is 11.7 Å². The van der Waals surface area contributed by atoms with Crippen LogP contribution in [0.15, 0.2) is 22.2 Å². The van der Waals surface area contributed by atoms with Crippen LogP contribution < -0.4 is 15.4 Å². The molecule has 0 bridgehead atoms.